The van der Waals surface area contributed by atoms with Gasteiger partial charge >= 0.3 is 0 Å². The summed E-state index contributed by atoms with van der Waals surface area (Å²) in [5.41, 5.74) is 2.54. The van der Waals surface area contributed by atoms with Crippen LogP contribution >= 0.6 is 11.8 Å². The first kappa shape index (κ1) is 19.3. The highest BCUT2D eigenvalue weighted by Gasteiger charge is 2.09. The second-order valence-corrected chi connectivity index (χ2v) is 6.97. The molecule has 1 aromatic carbocycles. The molecule has 2 rings (SSSR count). The lowest BCUT2D eigenvalue weighted by Gasteiger charge is -2.13. The number of rotatable bonds is 7. The highest BCUT2D eigenvalue weighted by Crippen LogP contribution is 2.21. The average molecular weight is 362 g/mol. The monoisotopic (exact) mass is 361 g/mol. The van der Waals surface area contributed by atoms with Crippen molar-refractivity contribution in [1.82, 2.24) is 20.8 Å². The van der Waals surface area contributed by atoms with Crippen LogP contribution in [0.3, 0.4) is 0 Å². The molecule has 0 aliphatic carbocycles. The Bertz CT molecular complexity index is 711. The molecular formula is C18H27N5OS. The third-order valence-corrected chi connectivity index (χ3v) is 4.56. The molecular weight excluding hydrogens is 334 g/mol. The summed E-state index contributed by atoms with van der Waals surface area (Å²) in [6, 6.07) is 6.50. The van der Waals surface area contributed by atoms with E-state index in [2.05, 4.69) is 57.1 Å². The Morgan fingerprint density at radius 2 is 2.12 bits per heavy atom. The van der Waals surface area contributed by atoms with Crippen LogP contribution in [0.5, 0.6) is 0 Å². The number of nitrogens with zero attached hydrogens (tertiary/aromatic N) is 3. The first-order valence-electron chi connectivity index (χ1n) is 8.44. The number of aromatic nitrogens is 2. The van der Waals surface area contributed by atoms with Gasteiger partial charge in [0, 0.05) is 37.4 Å². The van der Waals surface area contributed by atoms with Crippen LogP contribution in [0.15, 0.2) is 32.6 Å². The van der Waals surface area contributed by atoms with Gasteiger partial charge in [0.2, 0.25) is 5.89 Å². The van der Waals surface area contributed by atoms with Crippen LogP contribution in [-0.2, 0) is 13.0 Å². The topological polar surface area (TPSA) is 75.3 Å². The maximum atomic E-state index is 5.25. The Morgan fingerprint density at radius 3 is 2.76 bits per heavy atom. The van der Waals surface area contributed by atoms with Gasteiger partial charge in [-0.3, -0.25) is 4.99 Å². The fourth-order valence-electron chi connectivity index (χ4n) is 2.29. The molecule has 2 aromatic rings. The number of nitrogens with one attached hydrogen (secondary N) is 2. The van der Waals surface area contributed by atoms with Gasteiger partial charge in [-0.25, -0.2) is 0 Å². The SMILES string of the molecule is CN=C(NCCc1nc(C(C)C)no1)NCc1ccc(C)cc1SC. The first-order chi connectivity index (χ1) is 12.0. The van der Waals surface area contributed by atoms with E-state index in [-0.39, 0.29) is 5.92 Å². The van der Waals surface area contributed by atoms with Gasteiger partial charge in [-0.1, -0.05) is 31.1 Å². The van der Waals surface area contributed by atoms with Crippen LogP contribution in [0.4, 0.5) is 0 Å². The van der Waals surface area contributed by atoms with E-state index in [1.54, 1.807) is 18.8 Å². The molecule has 1 aromatic heterocycles. The molecule has 25 heavy (non-hydrogen) atoms. The number of aryl methyl sites for hydroxylation is 1. The second-order valence-electron chi connectivity index (χ2n) is 6.12. The third kappa shape index (κ3) is 5.77. The molecule has 0 saturated heterocycles. The van der Waals surface area contributed by atoms with Crippen LogP contribution in [0, 0.1) is 6.92 Å². The summed E-state index contributed by atoms with van der Waals surface area (Å²) >= 11 is 1.76. The largest absolute Gasteiger partial charge is 0.356 e. The summed E-state index contributed by atoms with van der Waals surface area (Å²) in [6.45, 7) is 7.62. The highest BCUT2D eigenvalue weighted by molar-refractivity contribution is 7.98. The van der Waals surface area contributed by atoms with Crippen LogP contribution in [0.25, 0.3) is 0 Å². The van der Waals surface area contributed by atoms with Gasteiger partial charge in [0.05, 0.1) is 0 Å². The second kappa shape index (κ2) is 9.46. The van der Waals surface area contributed by atoms with Crippen molar-refractivity contribution in [3.63, 3.8) is 0 Å². The van der Waals surface area contributed by atoms with Crippen molar-refractivity contribution in [2.75, 3.05) is 19.8 Å². The highest BCUT2D eigenvalue weighted by atomic mass is 32.2. The average Bonchev–Trinajstić information content (AvgIpc) is 3.07. The van der Waals surface area contributed by atoms with Crippen LogP contribution < -0.4 is 10.6 Å². The van der Waals surface area contributed by atoms with E-state index in [0.29, 0.717) is 18.9 Å². The minimum absolute atomic E-state index is 0.278. The van der Waals surface area contributed by atoms with Crippen molar-refractivity contribution >= 4 is 17.7 Å². The quantitative estimate of drug-likeness (QED) is 0.448. The number of hydrogen-bond acceptors (Lipinski definition) is 5. The molecule has 0 aliphatic heterocycles. The predicted molar refractivity (Wildman–Crippen MR) is 103 cm³/mol. The zero-order chi connectivity index (χ0) is 18.2. The zero-order valence-corrected chi connectivity index (χ0v) is 16.4. The smallest absolute Gasteiger partial charge is 0.228 e. The van der Waals surface area contributed by atoms with E-state index >= 15 is 0 Å². The Kier molecular flexibility index (Phi) is 7.31. The molecule has 0 spiro atoms. The molecule has 2 N–H and O–H groups in total. The van der Waals surface area contributed by atoms with Gasteiger partial charge in [-0.05, 0) is 30.4 Å². The van der Waals surface area contributed by atoms with Crippen LogP contribution in [0.1, 0.15) is 42.6 Å². The Labute approximate surface area is 153 Å². The van der Waals surface area contributed by atoms with E-state index < -0.39 is 0 Å². The number of guanidine groups is 1. The van der Waals surface area contributed by atoms with E-state index in [4.69, 9.17) is 4.52 Å². The van der Waals surface area contributed by atoms with Gasteiger partial charge in [-0.15, -0.1) is 11.8 Å². The molecule has 7 heteroatoms. The Balaban J connectivity index is 1.82. The summed E-state index contributed by atoms with van der Waals surface area (Å²) in [4.78, 5) is 9.92. The maximum absolute atomic E-state index is 5.25. The van der Waals surface area contributed by atoms with Crippen LogP contribution in [-0.4, -0.2) is 35.9 Å². The number of thioether (sulfide) groups is 1. The van der Waals surface area contributed by atoms with Gasteiger partial charge < -0.3 is 15.2 Å². The molecule has 0 atom stereocenters. The van der Waals surface area contributed by atoms with Crippen molar-refractivity contribution in [2.24, 2.45) is 4.99 Å². The fourth-order valence-corrected chi connectivity index (χ4v) is 3.00. The lowest BCUT2D eigenvalue weighted by Crippen LogP contribution is -2.38. The zero-order valence-electron chi connectivity index (χ0n) is 15.6. The lowest BCUT2D eigenvalue weighted by molar-refractivity contribution is 0.371. The van der Waals surface area contributed by atoms with Crippen molar-refractivity contribution in [3.05, 3.63) is 41.0 Å². The molecule has 136 valence electrons. The summed E-state index contributed by atoms with van der Waals surface area (Å²) < 4.78 is 5.25. The third-order valence-electron chi connectivity index (χ3n) is 3.74. The summed E-state index contributed by atoms with van der Waals surface area (Å²) in [7, 11) is 1.77. The van der Waals surface area contributed by atoms with Crippen molar-refractivity contribution < 1.29 is 4.52 Å². The minimum Gasteiger partial charge on any atom is -0.356 e. The molecule has 1 heterocycles. The van der Waals surface area contributed by atoms with Crippen molar-refractivity contribution in [3.8, 4) is 0 Å². The molecule has 0 aliphatic rings. The summed E-state index contributed by atoms with van der Waals surface area (Å²) in [5.74, 6) is 2.44. The predicted octanol–water partition coefficient (Wildman–Crippen LogP) is 3.13. The Morgan fingerprint density at radius 1 is 1.32 bits per heavy atom. The first-order valence-corrected chi connectivity index (χ1v) is 9.66. The van der Waals surface area contributed by atoms with Crippen LogP contribution in [0.2, 0.25) is 0 Å². The fraction of sp³-hybridized carbons (Fsp3) is 0.500. The molecule has 0 saturated carbocycles. The van der Waals surface area contributed by atoms with Gasteiger partial charge in [0.25, 0.3) is 0 Å². The van der Waals surface area contributed by atoms with E-state index in [1.807, 2.05) is 13.8 Å². The van der Waals surface area contributed by atoms with Gasteiger partial charge in [-0.2, -0.15) is 4.98 Å². The number of benzene rings is 1. The lowest BCUT2D eigenvalue weighted by atomic mass is 10.1. The molecule has 0 bridgehead atoms. The molecule has 0 fully saturated rings. The van der Waals surface area contributed by atoms with Gasteiger partial charge in [0.1, 0.15) is 0 Å². The summed E-state index contributed by atoms with van der Waals surface area (Å²) in [5, 5.41) is 10.6. The standard InChI is InChI=1S/C18H27N5OS/c1-12(2)17-22-16(24-23-17)8-9-20-18(19-4)21-11-14-7-6-13(3)10-15(14)25-5/h6-7,10,12H,8-9,11H2,1-5H3,(H2,19,20,21). The maximum Gasteiger partial charge on any atom is 0.228 e. The van der Waals surface area contributed by atoms with Gasteiger partial charge in [0.15, 0.2) is 11.8 Å². The minimum atomic E-state index is 0.278. The van der Waals surface area contributed by atoms with Crippen molar-refractivity contribution in [1.29, 1.82) is 0 Å². The molecule has 6 nitrogen and oxygen atoms in total. The normalized spacial score (nSPS) is 11.8. The molecule has 0 unspecified atom stereocenters. The van der Waals surface area contributed by atoms with E-state index in [9.17, 15) is 0 Å². The molecule has 0 radical (unpaired) electrons. The number of aliphatic imine (C=N–C) groups is 1. The summed E-state index contributed by atoms with van der Waals surface area (Å²) in [6.07, 6.45) is 2.77. The number of hydrogen-bond donors (Lipinski definition) is 2. The molecule has 0 amide bonds. The van der Waals surface area contributed by atoms with Crippen molar-refractivity contribution in [2.45, 2.75) is 44.6 Å². The Hall–Kier alpha value is -2.02. The van der Waals surface area contributed by atoms with E-state index in [0.717, 1.165) is 18.3 Å². The van der Waals surface area contributed by atoms with E-state index in [1.165, 1.54) is 16.0 Å².